The van der Waals surface area contributed by atoms with Crippen molar-refractivity contribution < 1.29 is 35.1 Å². The average Bonchev–Trinajstić information content (AvgIpc) is 2.67. The molecule has 0 amide bonds. The molecule has 0 heterocycles. The first-order chi connectivity index (χ1) is 14.5. The second-order valence-corrected chi connectivity index (χ2v) is 8.68. The third-order valence-electron chi connectivity index (χ3n) is 4.40. The zero-order chi connectivity index (χ0) is 22.7. The molecular weight excluding hydrogens is 441 g/mol. The van der Waals surface area contributed by atoms with Crippen LogP contribution in [-0.2, 0) is 10.0 Å². The van der Waals surface area contributed by atoms with Gasteiger partial charge in [-0.3, -0.25) is 4.72 Å². The number of anilines is 1. The van der Waals surface area contributed by atoms with Crippen LogP contribution in [-0.4, -0.2) is 26.3 Å². The topological polar surface area (TPSA) is 55.4 Å². The molecule has 0 aromatic heterocycles. The van der Waals surface area contributed by atoms with E-state index in [2.05, 4.69) is 4.72 Å². The Hall–Kier alpha value is -2.88. The fourth-order valence-corrected chi connectivity index (χ4v) is 4.00. The van der Waals surface area contributed by atoms with E-state index in [1.165, 1.54) is 18.2 Å². The molecule has 0 saturated carbocycles. The summed E-state index contributed by atoms with van der Waals surface area (Å²) in [7, 11) is -4.13. The normalized spacial score (nSPS) is 12.7. The van der Waals surface area contributed by atoms with Crippen LogP contribution in [0.4, 0.5) is 27.6 Å². The Morgan fingerprint density at radius 3 is 2.29 bits per heavy atom. The highest BCUT2D eigenvalue weighted by atomic mass is 32.2. The Bertz CT molecular complexity index is 1160. The van der Waals surface area contributed by atoms with Crippen molar-refractivity contribution in [3.05, 3.63) is 66.7 Å². The molecule has 3 rings (SSSR count). The number of rotatable bonds is 8. The van der Waals surface area contributed by atoms with Gasteiger partial charge in [-0.2, -0.15) is 22.0 Å². The van der Waals surface area contributed by atoms with Gasteiger partial charge in [0.05, 0.1) is 11.4 Å². The van der Waals surface area contributed by atoms with E-state index in [4.69, 9.17) is 4.74 Å². The lowest BCUT2D eigenvalue weighted by molar-refractivity contribution is -0.284. The van der Waals surface area contributed by atoms with E-state index in [-0.39, 0.29) is 5.69 Å². The quantitative estimate of drug-likeness (QED) is 0.399. The highest BCUT2D eigenvalue weighted by Crippen LogP contribution is 2.39. The monoisotopic (exact) mass is 459 g/mol. The zero-order valence-electron chi connectivity index (χ0n) is 16.0. The summed E-state index contributed by atoms with van der Waals surface area (Å²) in [4.78, 5) is 0. The predicted octanol–water partition coefficient (Wildman–Crippen LogP) is 6.35. The molecule has 10 heteroatoms. The van der Waals surface area contributed by atoms with Crippen LogP contribution >= 0.6 is 0 Å². The fourth-order valence-electron chi connectivity index (χ4n) is 2.89. The van der Waals surface area contributed by atoms with E-state index in [1.54, 1.807) is 18.2 Å². The highest BCUT2D eigenvalue weighted by Gasteiger charge is 2.56. The SMILES string of the molecule is O=S(=O)(CCCC(F)(F)C(F)(F)F)Nc1cccc(Oc2cccc3ccccc23)c1. The maximum absolute atomic E-state index is 12.9. The van der Waals surface area contributed by atoms with Gasteiger partial charge in [-0.05, 0) is 30.0 Å². The number of halogens is 5. The van der Waals surface area contributed by atoms with E-state index in [0.717, 1.165) is 10.8 Å². The van der Waals surface area contributed by atoms with Crippen molar-refractivity contribution in [2.24, 2.45) is 0 Å². The summed E-state index contributed by atoms with van der Waals surface area (Å²) in [6, 6.07) is 18.9. The van der Waals surface area contributed by atoms with Crippen LogP contribution in [0.5, 0.6) is 11.5 Å². The van der Waals surface area contributed by atoms with Gasteiger partial charge in [0, 0.05) is 17.9 Å². The largest absolute Gasteiger partial charge is 0.457 e. The summed E-state index contributed by atoms with van der Waals surface area (Å²) in [6.45, 7) is 0. The highest BCUT2D eigenvalue weighted by molar-refractivity contribution is 7.92. The van der Waals surface area contributed by atoms with Crippen LogP contribution in [0, 0.1) is 0 Å². The lowest BCUT2D eigenvalue weighted by Crippen LogP contribution is -2.36. The fraction of sp³-hybridized carbons (Fsp3) is 0.238. The van der Waals surface area contributed by atoms with Crippen molar-refractivity contribution in [3.63, 3.8) is 0 Å². The minimum absolute atomic E-state index is 0.0975. The van der Waals surface area contributed by atoms with Crippen LogP contribution in [0.3, 0.4) is 0 Å². The second-order valence-electron chi connectivity index (χ2n) is 6.83. The van der Waals surface area contributed by atoms with Crippen LogP contribution < -0.4 is 9.46 Å². The molecule has 0 atom stereocenters. The van der Waals surface area contributed by atoms with Crippen LogP contribution in [0.2, 0.25) is 0 Å². The van der Waals surface area contributed by atoms with Crippen molar-refractivity contribution >= 4 is 26.5 Å². The summed E-state index contributed by atoms with van der Waals surface area (Å²) in [5, 5.41) is 1.80. The van der Waals surface area contributed by atoms with Crippen LogP contribution in [0.15, 0.2) is 66.7 Å². The molecule has 3 aromatic rings. The number of ether oxygens (including phenoxy) is 1. The van der Waals surface area contributed by atoms with Gasteiger partial charge in [0.1, 0.15) is 11.5 Å². The molecule has 0 saturated heterocycles. The minimum atomic E-state index is -5.71. The van der Waals surface area contributed by atoms with Crippen molar-refractivity contribution in [2.75, 3.05) is 10.5 Å². The van der Waals surface area contributed by atoms with Gasteiger partial charge >= 0.3 is 12.1 Å². The molecular formula is C21H18F5NO3S. The van der Waals surface area contributed by atoms with Crippen molar-refractivity contribution in [1.82, 2.24) is 0 Å². The molecule has 166 valence electrons. The molecule has 0 bridgehead atoms. The van der Waals surface area contributed by atoms with E-state index in [0.29, 0.717) is 11.5 Å². The number of hydrogen-bond acceptors (Lipinski definition) is 3. The Morgan fingerprint density at radius 2 is 1.55 bits per heavy atom. The molecule has 1 N–H and O–H groups in total. The second kappa shape index (κ2) is 8.70. The number of alkyl halides is 5. The number of benzene rings is 3. The average molecular weight is 459 g/mol. The van der Waals surface area contributed by atoms with E-state index < -0.39 is 40.7 Å². The molecule has 0 aliphatic carbocycles. The van der Waals surface area contributed by atoms with Crippen molar-refractivity contribution in [3.8, 4) is 11.5 Å². The molecule has 31 heavy (non-hydrogen) atoms. The molecule has 0 aliphatic rings. The molecule has 3 aromatic carbocycles. The Balaban J connectivity index is 1.67. The van der Waals surface area contributed by atoms with Gasteiger partial charge < -0.3 is 4.74 Å². The standard InChI is InChI=1S/C21H18F5NO3S/c22-20(23,21(24,25)26)12-5-13-31(28,29)27-16-8-4-9-17(14-16)30-19-11-3-7-15-6-1-2-10-18(15)19/h1-4,6-11,14,27H,5,12-13H2. The molecule has 0 aliphatic heterocycles. The molecule has 0 radical (unpaired) electrons. The third kappa shape index (κ3) is 5.84. The summed E-state index contributed by atoms with van der Waals surface area (Å²) in [5.74, 6) is -4.95. The zero-order valence-corrected chi connectivity index (χ0v) is 16.8. The maximum Gasteiger partial charge on any atom is 0.453 e. The molecule has 0 fully saturated rings. The number of fused-ring (bicyclic) bond motifs is 1. The molecule has 0 spiro atoms. The van der Waals surface area contributed by atoms with Gasteiger partial charge in [-0.1, -0.05) is 42.5 Å². The van der Waals surface area contributed by atoms with Crippen LogP contribution in [0.1, 0.15) is 12.8 Å². The number of sulfonamides is 1. The summed E-state index contributed by atoms with van der Waals surface area (Å²) in [6.07, 6.45) is -8.17. The maximum atomic E-state index is 12.9. The van der Waals surface area contributed by atoms with E-state index in [9.17, 15) is 30.4 Å². The number of hydrogen-bond donors (Lipinski definition) is 1. The molecule has 0 unspecified atom stereocenters. The predicted molar refractivity (Wildman–Crippen MR) is 108 cm³/mol. The lowest BCUT2D eigenvalue weighted by atomic mass is 10.1. The Labute approximate surface area is 175 Å². The lowest BCUT2D eigenvalue weighted by Gasteiger charge is -2.19. The third-order valence-corrected chi connectivity index (χ3v) is 5.78. The summed E-state index contributed by atoms with van der Waals surface area (Å²) >= 11 is 0. The van der Waals surface area contributed by atoms with Crippen LogP contribution in [0.25, 0.3) is 10.8 Å². The van der Waals surface area contributed by atoms with Gasteiger partial charge in [0.15, 0.2) is 0 Å². The van der Waals surface area contributed by atoms with Gasteiger partial charge in [-0.25, -0.2) is 8.42 Å². The first kappa shape index (κ1) is 22.8. The van der Waals surface area contributed by atoms with Gasteiger partial charge in [-0.15, -0.1) is 0 Å². The van der Waals surface area contributed by atoms with E-state index >= 15 is 0 Å². The first-order valence-corrected chi connectivity index (χ1v) is 10.8. The van der Waals surface area contributed by atoms with Crippen molar-refractivity contribution in [1.29, 1.82) is 0 Å². The Morgan fingerprint density at radius 1 is 0.871 bits per heavy atom. The molecule has 4 nitrogen and oxygen atoms in total. The van der Waals surface area contributed by atoms with Crippen molar-refractivity contribution in [2.45, 2.75) is 24.9 Å². The summed E-state index contributed by atoms with van der Waals surface area (Å²) in [5.41, 5.74) is 0.0975. The first-order valence-electron chi connectivity index (χ1n) is 9.18. The Kier molecular flexibility index (Phi) is 6.40. The van der Waals surface area contributed by atoms with E-state index in [1.807, 2.05) is 30.3 Å². The number of nitrogens with one attached hydrogen (secondary N) is 1. The van der Waals surface area contributed by atoms with Gasteiger partial charge in [0.2, 0.25) is 10.0 Å². The minimum Gasteiger partial charge on any atom is -0.457 e. The van der Waals surface area contributed by atoms with Gasteiger partial charge in [0.25, 0.3) is 0 Å². The summed E-state index contributed by atoms with van der Waals surface area (Å²) < 4.78 is 94.7. The smallest absolute Gasteiger partial charge is 0.453 e.